The van der Waals surface area contributed by atoms with E-state index in [0.29, 0.717) is 32.0 Å². The number of nitrogens with zero attached hydrogens (tertiary/aromatic N) is 3. The number of piperazine rings is 1. The molecular formula is C20H25FN4O. The molecule has 138 valence electrons. The van der Waals surface area contributed by atoms with Crippen LogP contribution in [0.5, 0.6) is 0 Å². The lowest BCUT2D eigenvalue weighted by atomic mass is 9.87. The first-order chi connectivity index (χ1) is 12.3. The summed E-state index contributed by atoms with van der Waals surface area (Å²) in [6.45, 7) is 8.65. The van der Waals surface area contributed by atoms with Gasteiger partial charge in [-0.15, -0.1) is 0 Å². The second-order valence-corrected chi connectivity index (χ2v) is 7.54. The Bertz CT molecular complexity index is 762. The van der Waals surface area contributed by atoms with Crippen LogP contribution in [0.4, 0.5) is 20.7 Å². The molecule has 3 rings (SSSR count). The largest absolute Gasteiger partial charge is 0.351 e. The van der Waals surface area contributed by atoms with E-state index in [9.17, 15) is 9.18 Å². The van der Waals surface area contributed by atoms with Crippen molar-refractivity contribution in [2.24, 2.45) is 0 Å². The van der Waals surface area contributed by atoms with Gasteiger partial charge in [-0.05, 0) is 35.2 Å². The number of halogens is 1. The molecule has 1 aliphatic heterocycles. The van der Waals surface area contributed by atoms with Crippen LogP contribution in [0.2, 0.25) is 0 Å². The summed E-state index contributed by atoms with van der Waals surface area (Å²) in [4.78, 5) is 20.2. The summed E-state index contributed by atoms with van der Waals surface area (Å²) in [6.07, 6.45) is 1.58. The summed E-state index contributed by atoms with van der Waals surface area (Å²) in [5.41, 5.74) is 2.09. The fourth-order valence-electron chi connectivity index (χ4n) is 2.99. The molecule has 26 heavy (non-hydrogen) atoms. The van der Waals surface area contributed by atoms with E-state index in [-0.39, 0.29) is 17.3 Å². The number of carbonyl (C=O) groups is 1. The number of hydrogen-bond donors (Lipinski definition) is 1. The minimum atomic E-state index is -0.329. The van der Waals surface area contributed by atoms with Gasteiger partial charge in [-0.1, -0.05) is 32.9 Å². The minimum absolute atomic E-state index is 0.0830. The second kappa shape index (κ2) is 7.32. The quantitative estimate of drug-likeness (QED) is 0.889. The molecule has 0 spiro atoms. The lowest BCUT2D eigenvalue weighted by molar-refractivity contribution is 0.208. The van der Waals surface area contributed by atoms with Crippen molar-refractivity contribution >= 4 is 17.5 Å². The predicted molar refractivity (Wildman–Crippen MR) is 102 cm³/mol. The van der Waals surface area contributed by atoms with E-state index < -0.39 is 0 Å². The molecule has 6 heteroatoms. The molecule has 1 aliphatic rings. The molecule has 0 atom stereocenters. The summed E-state index contributed by atoms with van der Waals surface area (Å²) in [5.74, 6) is 0.0228. The van der Waals surface area contributed by atoms with Gasteiger partial charge in [0.05, 0.1) is 0 Å². The molecule has 1 aromatic carbocycles. The zero-order valence-electron chi connectivity index (χ0n) is 15.5. The van der Waals surface area contributed by atoms with Gasteiger partial charge >= 0.3 is 6.03 Å². The highest BCUT2D eigenvalue weighted by molar-refractivity contribution is 5.89. The second-order valence-electron chi connectivity index (χ2n) is 7.54. The van der Waals surface area contributed by atoms with Crippen molar-refractivity contribution in [1.29, 1.82) is 0 Å². The van der Waals surface area contributed by atoms with Crippen LogP contribution in [0.15, 0.2) is 42.6 Å². The van der Waals surface area contributed by atoms with E-state index in [1.165, 1.54) is 11.6 Å². The molecule has 2 amide bonds. The standard InChI is InChI=1S/C20H25FN4O/c1-20(2,3)15-6-8-16(9-7-15)23-19(26)25-13-11-24(12-14-25)18-17(21)5-4-10-22-18/h4-10H,11-14H2,1-3H3,(H,23,26). The van der Waals surface area contributed by atoms with Crippen LogP contribution in [0.1, 0.15) is 26.3 Å². The Labute approximate surface area is 153 Å². The monoisotopic (exact) mass is 356 g/mol. The molecule has 1 aromatic heterocycles. The molecule has 5 nitrogen and oxygen atoms in total. The Kier molecular flexibility index (Phi) is 5.11. The Hall–Kier alpha value is -2.63. The normalized spacial score (nSPS) is 15.1. The summed E-state index contributed by atoms with van der Waals surface area (Å²) in [7, 11) is 0. The molecule has 0 bridgehead atoms. The topological polar surface area (TPSA) is 48.5 Å². The number of nitrogens with one attached hydrogen (secondary N) is 1. The predicted octanol–water partition coefficient (Wildman–Crippen LogP) is 3.87. The Morgan fingerprint density at radius 2 is 1.73 bits per heavy atom. The number of amides is 2. The first kappa shape index (κ1) is 18.2. The average molecular weight is 356 g/mol. The minimum Gasteiger partial charge on any atom is -0.351 e. The summed E-state index contributed by atoms with van der Waals surface area (Å²) in [5, 5.41) is 2.94. The van der Waals surface area contributed by atoms with Crippen LogP contribution >= 0.6 is 0 Å². The number of pyridine rings is 1. The van der Waals surface area contributed by atoms with E-state index in [1.807, 2.05) is 29.2 Å². The van der Waals surface area contributed by atoms with E-state index in [0.717, 1.165) is 5.69 Å². The van der Waals surface area contributed by atoms with Gasteiger partial charge in [0.25, 0.3) is 0 Å². The Morgan fingerprint density at radius 3 is 2.31 bits per heavy atom. The van der Waals surface area contributed by atoms with Crippen LogP contribution in [0.25, 0.3) is 0 Å². The van der Waals surface area contributed by atoms with Crippen molar-refractivity contribution in [3.63, 3.8) is 0 Å². The number of urea groups is 1. The summed E-state index contributed by atoms with van der Waals surface area (Å²) < 4.78 is 13.8. The van der Waals surface area contributed by atoms with Gasteiger partial charge in [0.1, 0.15) is 0 Å². The van der Waals surface area contributed by atoms with Gasteiger partial charge in [-0.3, -0.25) is 0 Å². The van der Waals surface area contributed by atoms with Crippen LogP contribution < -0.4 is 10.2 Å². The van der Waals surface area contributed by atoms with E-state index in [1.54, 1.807) is 17.2 Å². The molecule has 1 fully saturated rings. The molecular weight excluding hydrogens is 331 g/mol. The van der Waals surface area contributed by atoms with Crippen molar-refractivity contribution < 1.29 is 9.18 Å². The zero-order valence-corrected chi connectivity index (χ0v) is 15.5. The lowest BCUT2D eigenvalue weighted by Gasteiger charge is -2.35. The van der Waals surface area contributed by atoms with Crippen molar-refractivity contribution in [2.45, 2.75) is 26.2 Å². The molecule has 2 heterocycles. The lowest BCUT2D eigenvalue weighted by Crippen LogP contribution is -2.50. The molecule has 0 saturated carbocycles. The van der Waals surface area contributed by atoms with Crippen molar-refractivity contribution in [3.8, 4) is 0 Å². The van der Waals surface area contributed by atoms with Crippen LogP contribution in [0.3, 0.4) is 0 Å². The van der Waals surface area contributed by atoms with Gasteiger partial charge in [0, 0.05) is 38.1 Å². The fraction of sp³-hybridized carbons (Fsp3) is 0.400. The zero-order chi connectivity index (χ0) is 18.7. The smallest absolute Gasteiger partial charge is 0.321 e. The summed E-state index contributed by atoms with van der Waals surface area (Å²) in [6, 6.07) is 10.8. The number of carbonyl (C=O) groups excluding carboxylic acids is 1. The SMILES string of the molecule is CC(C)(C)c1ccc(NC(=O)N2CCN(c3ncccc3F)CC2)cc1. The number of benzene rings is 1. The van der Waals surface area contributed by atoms with Gasteiger partial charge in [0.2, 0.25) is 0 Å². The van der Waals surface area contributed by atoms with E-state index in [4.69, 9.17) is 0 Å². The molecule has 0 aliphatic carbocycles. The Morgan fingerprint density at radius 1 is 1.08 bits per heavy atom. The number of anilines is 2. The van der Waals surface area contributed by atoms with Crippen LogP contribution in [0, 0.1) is 5.82 Å². The highest BCUT2D eigenvalue weighted by atomic mass is 19.1. The molecule has 1 saturated heterocycles. The third kappa shape index (κ3) is 4.12. The maximum atomic E-state index is 13.8. The van der Waals surface area contributed by atoms with E-state index >= 15 is 0 Å². The number of hydrogen-bond acceptors (Lipinski definition) is 3. The van der Waals surface area contributed by atoms with Crippen molar-refractivity contribution in [1.82, 2.24) is 9.88 Å². The van der Waals surface area contributed by atoms with Gasteiger partial charge < -0.3 is 15.1 Å². The van der Waals surface area contributed by atoms with Crippen LogP contribution in [-0.2, 0) is 5.41 Å². The third-order valence-electron chi connectivity index (χ3n) is 4.61. The van der Waals surface area contributed by atoms with Crippen molar-refractivity contribution in [3.05, 3.63) is 54.0 Å². The molecule has 1 N–H and O–H groups in total. The molecule has 2 aromatic rings. The highest BCUT2D eigenvalue weighted by Crippen LogP contribution is 2.24. The Balaban J connectivity index is 1.56. The van der Waals surface area contributed by atoms with E-state index in [2.05, 4.69) is 31.1 Å². The van der Waals surface area contributed by atoms with Gasteiger partial charge in [0.15, 0.2) is 11.6 Å². The van der Waals surface area contributed by atoms with Crippen molar-refractivity contribution in [2.75, 3.05) is 36.4 Å². The first-order valence-electron chi connectivity index (χ1n) is 8.86. The van der Waals surface area contributed by atoms with Crippen LogP contribution in [-0.4, -0.2) is 42.1 Å². The number of aromatic nitrogens is 1. The fourth-order valence-corrected chi connectivity index (χ4v) is 2.99. The molecule has 0 unspecified atom stereocenters. The van der Waals surface area contributed by atoms with Gasteiger partial charge in [-0.2, -0.15) is 0 Å². The first-order valence-corrected chi connectivity index (χ1v) is 8.86. The molecule has 0 radical (unpaired) electrons. The van der Waals surface area contributed by atoms with Gasteiger partial charge in [-0.25, -0.2) is 14.2 Å². The third-order valence-corrected chi connectivity index (χ3v) is 4.61. The average Bonchev–Trinajstić information content (AvgIpc) is 2.62. The maximum Gasteiger partial charge on any atom is 0.321 e. The maximum absolute atomic E-state index is 13.8. The highest BCUT2D eigenvalue weighted by Gasteiger charge is 2.23. The summed E-state index contributed by atoms with van der Waals surface area (Å²) >= 11 is 0. The number of rotatable bonds is 2.